The molecule has 0 saturated heterocycles. The molecule has 0 spiro atoms. The van der Waals surface area contributed by atoms with Crippen molar-refractivity contribution in [3.05, 3.63) is 36.3 Å². The Morgan fingerprint density at radius 3 is 2.52 bits per heavy atom. The molecule has 1 aliphatic carbocycles. The van der Waals surface area contributed by atoms with Crippen molar-refractivity contribution >= 4 is 22.9 Å². The number of halogens is 1. The molecule has 1 aromatic carbocycles. The fourth-order valence-electron chi connectivity index (χ4n) is 3.18. The van der Waals surface area contributed by atoms with Crippen LogP contribution in [-0.2, 0) is 0 Å². The van der Waals surface area contributed by atoms with Crippen LogP contribution in [0.4, 0.5) is 16.2 Å². The van der Waals surface area contributed by atoms with Gasteiger partial charge in [0.15, 0.2) is 17.0 Å². The summed E-state index contributed by atoms with van der Waals surface area (Å²) >= 11 is 0. The fourth-order valence-corrected chi connectivity index (χ4v) is 3.18. The maximum Gasteiger partial charge on any atom is 0.227 e. The summed E-state index contributed by atoms with van der Waals surface area (Å²) in [7, 11) is 0. The van der Waals surface area contributed by atoms with E-state index in [-0.39, 0.29) is 5.82 Å². The number of rotatable bonds is 3. The lowest BCUT2D eigenvalue weighted by Gasteiger charge is -2.22. The van der Waals surface area contributed by atoms with Gasteiger partial charge in [0.1, 0.15) is 5.82 Å². The average molecular weight is 338 g/mol. The molecule has 0 radical (unpaired) electrons. The van der Waals surface area contributed by atoms with Crippen LogP contribution >= 0.6 is 0 Å². The Hall–Kier alpha value is -2.83. The number of nitrogens with zero attached hydrogens (tertiary/aromatic N) is 4. The first kappa shape index (κ1) is 15.7. The highest BCUT2D eigenvalue weighted by Crippen LogP contribution is 2.24. The van der Waals surface area contributed by atoms with Crippen molar-refractivity contribution in [3.8, 4) is 11.3 Å². The van der Waals surface area contributed by atoms with E-state index in [0.717, 1.165) is 18.4 Å². The third kappa shape index (κ3) is 3.35. The molecule has 1 fully saturated rings. The van der Waals surface area contributed by atoms with Gasteiger partial charge in [-0.1, -0.05) is 19.3 Å². The number of nitrogen functional groups attached to an aromatic ring is 1. The van der Waals surface area contributed by atoms with Crippen molar-refractivity contribution in [2.24, 2.45) is 0 Å². The summed E-state index contributed by atoms with van der Waals surface area (Å²) in [5.41, 5.74) is 8.36. The molecule has 3 N–H and O–H groups in total. The van der Waals surface area contributed by atoms with Crippen molar-refractivity contribution in [1.82, 2.24) is 19.9 Å². The largest absolute Gasteiger partial charge is 0.382 e. The lowest BCUT2D eigenvalue weighted by Crippen LogP contribution is -2.23. The van der Waals surface area contributed by atoms with Crippen LogP contribution in [0.25, 0.3) is 22.4 Å². The van der Waals surface area contributed by atoms with Gasteiger partial charge in [-0.3, -0.25) is 0 Å². The van der Waals surface area contributed by atoms with Crippen LogP contribution in [0, 0.1) is 5.82 Å². The van der Waals surface area contributed by atoms with E-state index in [1.165, 1.54) is 31.4 Å². The highest BCUT2D eigenvalue weighted by atomic mass is 19.1. The van der Waals surface area contributed by atoms with Gasteiger partial charge in [0.25, 0.3) is 0 Å². The molecule has 25 heavy (non-hydrogen) atoms. The van der Waals surface area contributed by atoms with E-state index in [2.05, 4.69) is 25.3 Å². The molecule has 3 aromatic rings. The van der Waals surface area contributed by atoms with E-state index in [1.54, 1.807) is 18.3 Å². The van der Waals surface area contributed by atoms with Gasteiger partial charge >= 0.3 is 0 Å². The van der Waals surface area contributed by atoms with Crippen LogP contribution in [0.1, 0.15) is 32.1 Å². The topological polar surface area (TPSA) is 89.6 Å². The van der Waals surface area contributed by atoms with Crippen LogP contribution in [0.5, 0.6) is 0 Å². The molecule has 0 amide bonds. The average Bonchev–Trinajstić information content (AvgIpc) is 2.63. The number of hydrogen-bond donors (Lipinski definition) is 2. The molecule has 128 valence electrons. The van der Waals surface area contributed by atoms with E-state index in [4.69, 9.17) is 5.73 Å². The number of hydrogen-bond acceptors (Lipinski definition) is 6. The molecule has 0 unspecified atom stereocenters. The van der Waals surface area contributed by atoms with Crippen LogP contribution < -0.4 is 11.1 Å². The minimum absolute atomic E-state index is 0.291. The zero-order valence-corrected chi connectivity index (χ0v) is 13.7. The van der Waals surface area contributed by atoms with Crippen molar-refractivity contribution in [3.63, 3.8) is 0 Å². The maximum absolute atomic E-state index is 13.1. The molecule has 0 atom stereocenters. The molecule has 1 aliphatic rings. The minimum atomic E-state index is -0.293. The summed E-state index contributed by atoms with van der Waals surface area (Å²) in [5.74, 6) is 0.499. The van der Waals surface area contributed by atoms with Gasteiger partial charge in [-0.2, -0.15) is 9.97 Å². The summed E-state index contributed by atoms with van der Waals surface area (Å²) in [6.45, 7) is 0. The summed E-state index contributed by atoms with van der Waals surface area (Å²) < 4.78 is 13.1. The Labute approximate surface area is 144 Å². The van der Waals surface area contributed by atoms with Gasteiger partial charge in [-0.15, -0.1) is 0 Å². The fraction of sp³-hybridized carbons (Fsp3) is 0.333. The number of benzene rings is 1. The highest BCUT2D eigenvalue weighted by Gasteiger charge is 2.16. The second-order valence-corrected chi connectivity index (χ2v) is 6.35. The van der Waals surface area contributed by atoms with Gasteiger partial charge in [0.05, 0.1) is 11.9 Å². The Morgan fingerprint density at radius 2 is 1.76 bits per heavy atom. The van der Waals surface area contributed by atoms with E-state index in [9.17, 15) is 4.39 Å². The summed E-state index contributed by atoms with van der Waals surface area (Å²) in [5, 5.41) is 3.35. The first-order valence-corrected chi connectivity index (χ1v) is 8.52. The minimum Gasteiger partial charge on any atom is -0.382 e. The second kappa shape index (κ2) is 6.58. The molecule has 7 heteroatoms. The predicted octanol–water partition coefficient (Wildman–Crippen LogP) is 3.55. The molecule has 1 saturated carbocycles. The van der Waals surface area contributed by atoms with E-state index in [1.807, 2.05) is 0 Å². The Morgan fingerprint density at radius 1 is 1.00 bits per heavy atom. The molecule has 6 nitrogen and oxygen atoms in total. The van der Waals surface area contributed by atoms with Crippen LogP contribution in [0.2, 0.25) is 0 Å². The predicted molar refractivity (Wildman–Crippen MR) is 95.4 cm³/mol. The van der Waals surface area contributed by atoms with Crippen molar-refractivity contribution in [1.29, 1.82) is 0 Å². The normalized spacial score (nSPS) is 15.4. The zero-order chi connectivity index (χ0) is 17.2. The Balaban J connectivity index is 1.65. The maximum atomic E-state index is 13.1. The van der Waals surface area contributed by atoms with Crippen LogP contribution in [0.3, 0.4) is 0 Å². The third-order valence-electron chi connectivity index (χ3n) is 4.51. The Bertz CT molecular complexity index is 890. The smallest absolute Gasteiger partial charge is 0.227 e. The number of aromatic nitrogens is 4. The molecule has 0 bridgehead atoms. The highest BCUT2D eigenvalue weighted by molar-refractivity contribution is 5.83. The van der Waals surface area contributed by atoms with Crippen molar-refractivity contribution < 1.29 is 4.39 Å². The van der Waals surface area contributed by atoms with Crippen LogP contribution in [0.15, 0.2) is 30.5 Å². The third-order valence-corrected chi connectivity index (χ3v) is 4.51. The number of nitrogens with one attached hydrogen (secondary N) is 1. The summed E-state index contributed by atoms with van der Waals surface area (Å²) in [6.07, 6.45) is 7.60. The van der Waals surface area contributed by atoms with E-state index < -0.39 is 0 Å². The quantitative estimate of drug-likeness (QED) is 0.759. The first-order chi connectivity index (χ1) is 12.2. The van der Waals surface area contributed by atoms with Crippen molar-refractivity contribution in [2.45, 2.75) is 38.1 Å². The number of anilines is 2. The molecule has 2 heterocycles. The lowest BCUT2D eigenvalue weighted by atomic mass is 9.96. The molecular weight excluding hydrogens is 319 g/mol. The molecule has 4 rings (SSSR count). The lowest BCUT2D eigenvalue weighted by molar-refractivity contribution is 0.461. The van der Waals surface area contributed by atoms with Crippen molar-refractivity contribution in [2.75, 3.05) is 11.1 Å². The van der Waals surface area contributed by atoms with Gasteiger partial charge in [0, 0.05) is 11.6 Å². The number of nitrogens with two attached hydrogens (primary N) is 1. The second-order valence-electron chi connectivity index (χ2n) is 6.35. The molecular formula is C18H19FN6. The monoisotopic (exact) mass is 338 g/mol. The van der Waals surface area contributed by atoms with Gasteiger partial charge in [-0.05, 0) is 37.1 Å². The van der Waals surface area contributed by atoms with Crippen LogP contribution in [-0.4, -0.2) is 26.0 Å². The number of fused-ring (bicyclic) bond motifs is 1. The van der Waals surface area contributed by atoms with Gasteiger partial charge in [-0.25, -0.2) is 14.4 Å². The standard InChI is InChI=1S/C18H19FN6/c19-12-8-6-11(7-9-12)14-10-21-17-15(23-14)16(20)24-18(25-17)22-13-4-2-1-3-5-13/h6-10,13H,1-5H2,(H3,20,21,22,24,25). The van der Waals surface area contributed by atoms with E-state index in [0.29, 0.717) is 34.7 Å². The SMILES string of the molecule is Nc1nc(NC2CCCCC2)nc2ncc(-c3ccc(F)cc3)nc12. The first-order valence-electron chi connectivity index (χ1n) is 8.52. The Kier molecular flexibility index (Phi) is 4.13. The van der Waals surface area contributed by atoms with Gasteiger partial charge in [0.2, 0.25) is 5.95 Å². The van der Waals surface area contributed by atoms with E-state index >= 15 is 0 Å². The summed E-state index contributed by atoms with van der Waals surface area (Å²) in [4.78, 5) is 17.6. The zero-order valence-electron chi connectivity index (χ0n) is 13.7. The molecule has 0 aliphatic heterocycles. The van der Waals surface area contributed by atoms with Gasteiger partial charge < -0.3 is 11.1 Å². The molecule has 2 aromatic heterocycles. The summed E-state index contributed by atoms with van der Waals surface area (Å²) in [6, 6.07) is 6.47.